The number of aliphatic hydroxyl groups is 1. The number of likely N-dealkylation sites (tertiary alicyclic amines) is 1. The first-order chi connectivity index (χ1) is 10.2. The third-order valence-electron chi connectivity index (χ3n) is 3.81. The van der Waals surface area contributed by atoms with Gasteiger partial charge in [-0.1, -0.05) is 11.6 Å². The third-order valence-corrected chi connectivity index (χ3v) is 4.04. The minimum atomic E-state index is -0.213. The van der Waals surface area contributed by atoms with Gasteiger partial charge in [0.05, 0.1) is 12.3 Å². The summed E-state index contributed by atoms with van der Waals surface area (Å²) < 4.78 is 5.77. The number of fused-ring (bicyclic) bond motifs is 1. The Kier molecular flexibility index (Phi) is 4.14. The van der Waals surface area contributed by atoms with E-state index in [1.165, 1.54) is 0 Å². The van der Waals surface area contributed by atoms with Crippen molar-refractivity contribution in [3.8, 4) is 5.75 Å². The second kappa shape index (κ2) is 6.05. The number of aliphatic hydroxyl groups excluding tert-OH is 1. The molecule has 112 valence electrons. The Bertz CT molecular complexity index is 591. The zero-order valence-electron chi connectivity index (χ0n) is 11.6. The smallest absolute Gasteiger partial charge is 0.291 e. The lowest BCUT2D eigenvalue weighted by molar-refractivity contribution is -0.115. The van der Waals surface area contributed by atoms with Crippen LogP contribution in [-0.2, 0) is 4.79 Å². The van der Waals surface area contributed by atoms with Crippen LogP contribution in [0.5, 0.6) is 5.75 Å². The predicted molar refractivity (Wildman–Crippen MR) is 80.5 cm³/mol. The maximum absolute atomic E-state index is 12.2. The van der Waals surface area contributed by atoms with Crippen LogP contribution in [0.15, 0.2) is 29.5 Å². The van der Waals surface area contributed by atoms with Crippen LogP contribution in [0, 0.1) is 0 Å². The van der Waals surface area contributed by atoms with Crippen molar-refractivity contribution in [2.24, 2.45) is 0 Å². The Labute approximate surface area is 128 Å². The van der Waals surface area contributed by atoms with E-state index < -0.39 is 0 Å². The number of carbonyl (C=O) groups is 1. The summed E-state index contributed by atoms with van der Waals surface area (Å²) in [5.41, 5.74) is 1.64. The van der Waals surface area contributed by atoms with Gasteiger partial charge in [0.2, 0.25) is 0 Å². The molecular formula is C15H17ClN2O3. The molecule has 21 heavy (non-hydrogen) atoms. The lowest BCUT2D eigenvalue weighted by Crippen LogP contribution is -2.35. The number of carbonyl (C=O) groups excluding carboxylic acids is 1. The molecule has 3 rings (SSSR count). The van der Waals surface area contributed by atoms with Crippen LogP contribution in [0.1, 0.15) is 12.8 Å². The zero-order valence-corrected chi connectivity index (χ0v) is 12.3. The topological polar surface area (TPSA) is 61.8 Å². The number of nitrogens with zero attached hydrogens (tertiary/aromatic N) is 1. The van der Waals surface area contributed by atoms with Gasteiger partial charge < -0.3 is 20.1 Å². The Hall–Kier alpha value is -1.56. The van der Waals surface area contributed by atoms with E-state index in [1.54, 1.807) is 18.2 Å². The number of ether oxygens (including phenoxy) is 1. The fraction of sp³-hybridized carbons (Fsp3) is 0.400. The van der Waals surface area contributed by atoms with Gasteiger partial charge in [-0.3, -0.25) is 4.79 Å². The van der Waals surface area contributed by atoms with Crippen molar-refractivity contribution in [2.75, 3.05) is 31.6 Å². The molecule has 2 aliphatic rings. The van der Waals surface area contributed by atoms with E-state index in [4.69, 9.17) is 21.4 Å². The number of halogens is 1. The molecule has 0 aliphatic carbocycles. The number of benzene rings is 1. The van der Waals surface area contributed by atoms with E-state index in [-0.39, 0.29) is 12.5 Å². The lowest BCUT2D eigenvalue weighted by Gasteiger charge is -2.30. The number of anilines is 1. The molecule has 2 heterocycles. The van der Waals surface area contributed by atoms with Crippen molar-refractivity contribution < 1.29 is 14.6 Å². The minimum absolute atomic E-state index is 0.164. The summed E-state index contributed by atoms with van der Waals surface area (Å²) in [5, 5.41) is 12.3. The first-order valence-corrected chi connectivity index (χ1v) is 7.39. The second-order valence-corrected chi connectivity index (χ2v) is 5.63. The van der Waals surface area contributed by atoms with Gasteiger partial charge in [0, 0.05) is 24.7 Å². The number of piperidine rings is 1. The van der Waals surface area contributed by atoms with Crippen molar-refractivity contribution in [3.05, 3.63) is 34.6 Å². The number of β-amino-alcohol motifs (C(OH)–C–C–N with tert-alkyl or cyclic N) is 1. The second-order valence-electron chi connectivity index (χ2n) is 5.19. The van der Waals surface area contributed by atoms with Gasteiger partial charge in [0.25, 0.3) is 5.91 Å². The number of nitrogens with one attached hydrogen (secondary N) is 1. The highest BCUT2D eigenvalue weighted by Gasteiger charge is 2.27. The van der Waals surface area contributed by atoms with Crippen LogP contribution in [0.25, 0.3) is 0 Å². The van der Waals surface area contributed by atoms with E-state index in [0.717, 1.165) is 31.5 Å². The summed E-state index contributed by atoms with van der Waals surface area (Å²) >= 11 is 5.91. The van der Waals surface area contributed by atoms with Crippen molar-refractivity contribution >= 4 is 23.2 Å². The number of hydrogen-bond acceptors (Lipinski definition) is 4. The van der Waals surface area contributed by atoms with Crippen LogP contribution < -0.4 is 10.1 Å². The normalized spacial score (nSPS) is 19.0. The van der Waals surface area contributed by atoms with Crippen LogP contribution in [0.2, 0.25) is 5.02 Å². The summed E-state index contributed by atoms with van der Waals surface area (Å²) in [7, 11) is 0. The van der Waals surface area contributed by atoms with E-state index >= 15 is 0 Å². The molecule has 2 aliphatic heterocycles. The van der Waals surface area contributed by atoms with Crippen LogP contribution >= 0.6 is 11.6 Å². The maximum atomic E-state index is 12.2. The van der Waals surface area contributed by atoms with Gasteiger partial charge in [-0.25, -0.2) is 0 Å². The van der Waals surface area contributed by atoms with Gasteiger partial charge in [-0.15, -0.1) is 0 Å². The maximum Gasteiger partial charge on any atom is 0.291 e. The summed E-state index contributed by atoms with van der Waals surface area (Å²) in [6, 6.07) is 5.18. The minimum Gasteiger partial charge on any atom is -0.449 e. The number of hydrogen-bond donors (Lipinski definition) is 2. The van der Waals surface area contributed by atoms with E-state index in [0.29, 0.717) is 28.8 Å². The molecule has 1 saturated heterocycles. The molecule has 0 aromatic heterocycles. The van der Waals surface area contributed by atoms with Gasteiger partial charge in [-0.05, 0) is 36.6 Å². The first kappa shape index (κ1) is 14.4. The fourth-order valence-corrected chi connectivity index (χ4v) is 2.84. The molecule has 0 bridgehead atoms. The Balaban J connectivity index is 1.79. The molecular weight excluding hydrogens is 292 g/mol. The largest absolute Gasteiger partial charge is 0.449 e. The summed E-state index contributed by atoms with van der Waals surface area (Å²) in [5.74, 6) is 0.822. The van der Waals surface area contributed by atoms with Gasteiger partial charge >= 0.3 is 0 Å². The lowest BCUT2D eigenvalue weighted by atomic mass is 10.0. The van der Waals surface area contributed by atoms with E-state index in [2.05, 4.69) is 10.2 Å². The number of rotatable bonds is 2. The highest BCUT2D eigenvalue weighted by Crippen LogP contribution is 2.35. The quantitative estimate of drug-likeness (QED) is 0.821. The fourth-order valence-electron chi connectivity index (χ4n) is 2.67. The first-order valence-electron chi connectivity index (χ1n) is 7.01. The SMILES string of the molecule is O=C1Nc2cc(Cl)ccc2OC1=C1CCN(CCO)CC1. The van der Waals surface area contributed by atoms with Crippen LogP contribution in [-0.4, -0.2) is 42.2 Å². The van der Waals surface area contributed by atoms with Crippen molar-refractivity contribution in [1.82, 2.24) is 4.90 Å². The molecule has 1 amide bonds. The Morgan fingerprint density at radius 3 is 2.81 bits per heavy atom. The molecule has 1 aromatic carbocycles. The molecule has 2 N–H and O–H groups in total. The zero-order chi connectivity index (χ0) is 14.8. The molecule has 1 aromatic rings. The molecule has 6 heteroatoms. The standard InChI is InChI=1S/C15H17ClN2O3/c16-11-1-2-13-12(9-11)17-15(20)14(21-13)10-3-5-18(6-4-10)7-8-19/h1-2,9,19H,3-8H2,(H,17,20). The molecule has 0 radical (unpaired) electrons. The molecule has 5 nitrogen and oxygen atoms in total. The third kappa shape index (κ3) is 3.05. The van der Waals surface area contributed by atoms with E-state index in [9.17, 15) is 4.79 Å². The van der Waals surface area contributed by atoms with Crippen molar-refractivity contribution in [3.63, 3.8) is 0 Å². The average molecular weight is 309 g/mol. The molecule has 0 spiro atoms. The molecule has 0 unspecified atom stereocenters. The van der Waals surface area contributed by atoms with E-state index in [1.807, 2.05) is 0 Å². The van der Waals surface area contributed by atoms with Gasteiger partial charge in [-0.2, -0.15) is 0 Å². The Morgan fingerprint density at radius 1 is 1.33 bits per heavy atom. The van der Waals surface area contributed by atoms with Crippen molar-refractivity contribution in [1.29, 1.82) is 0 Å². The van der Waals surface area contributed by atoms with Crippen LogP contribution in [0.3, 0.4) is 0 Å². The highest BCUT2D eigenvalue weighted by atomic mass is 35.5. The van der Waals surface area contributed by atoms with Crippen LogP contribution in [0.4, 0.5) is 5.69 Å². The summed E-state index contributed by atoms with van der Waals surface area (Å²) in [6.07, 6.45) is 1.57. The monoisotopic (exact) mass is 308 g/mol. The molecule has 0 saturated carbocycles. The molecule has 1 fully saturated rings. The van der Waals surface area contributed by atoms with Gasteiger partial charge in [0.1, 0.15) is 0 Å². The number of amides is 1. The predicted octanol–water partition coefficient (Wildman–Crippen LogP) is 2.01. The molecule has 0 atom stereocenters. The highest BCUT2D eigenvalue weighted by molar-refractivity contribution is 6.31. The Morgan fingerprint density at radius 2 is 2.10 bits per heavy atom. The van der Waals surface area contributed by atoms with Gasteiger partial charge in [0.15, 0.2) is 11.5 Å². The summed E-state index contributed by atoms with van der Waals surface area (Å²) in [6.45, 7) is 2.51. The summed E-state index contributed by atoms with van der Waals surface area (Å²) in [4.78, 5) is 14.4. The van der Waals surface area contributed by atoms with Crippen molar-refractivity contribution in [2.45, 2.75) is 12.8 Å². The average Bonchev–Trinajstić information content (AvgIpc) is 2.48.